The number of benzene rings is 1. The maximum atomic E-state index is 6.13. The van der Waals surface area contributed by atoms with E-state index in [1.165, 1.54) is 21.6 Å². The molecule has 18 heavy (non-hydrogen) atoms. The van der Waals surface area contributed by atoms with Gasteiger partial charge in [0, 0.05) is 4.88 Å². The van der Waals surface area contributed by atoms with Crippen molar-refractivity contribution in [2.45, 2.75) is 19.9 Å². The highest BCUT2D eigenvalue weighted by Crippen LogP contribution is 2.38. The van der Waals surface area contributed by atoms with Crippen molar-refractivity contribution in [1.29, 1.82) is 0 Å². The third-order valence-corrected chi connectivity index (χ3v) is 5.61. The highest BCUT2D eigenvalue weighted by Gasteiger charge is 2.19. The van der Waals surface area contributed by atoms with Crippen LogP contribution in [0.25, 0.3) is 0 Å². The molecule has 1 aromatic heterocycles. The van der Waals surface area contributed by atoms with Gasteiger partial charge in [-0.2, -0.15) is 0 Å². The summed E-state index contributed by atoms with van der Waals surface area (Å²) in [6, 6.07) is 8.62. The molecule has 96 valence electrons. The standard InChI is InChI=1S/C14H15BrClNS/c1-8-5-4-6-9(2)12(8)13(17-3)11-7-10(16)14(15)18-11/h4-7,13,17H,1-3H3. The minimum Gasteiger partial charge on any atom is -0.309 e. The molecule has 1 heterocycles. The molecule has 1 N–H and O–H groups in total. The van der Waals surface area contributed by atoms with E-state index in [0.29, 0.717) is 0 Å². The van der Waals surface area contributed by atoms with Crippen molar-refractivity contribution in [1.82, 2.24) is 5.32 Å². The summed E-state index contributed by atoms with van der Waals surface area (Å²) in [7, 11) is 1.98. The van der Waals surface area contributed by atoms with E-state index in [2.05, 4.69) is 53.3 Å². The molecule has 0 bridgehead atoms. The second-order valence-electron chi connectivity index (χ2n) is 4.30. The molecule has 0 aliphatic rings. The lowest BCUT2D eigenvalue weighted by Crippen LogP contribution is -2.18. The Labute approximate surface area is 125 Å². The molecule has 1 unspecified atom stereocenters. The van der Waals surface area contributed by atoms with Crippen molar-refractivity contribution in [3.63, 3.8) is 0 Å². The Kier molecular flexibility index (Phi) is 4.49. The molecule has 0 spiro atoms. The van der Waals surface area contributed by atoms with Gasteiger partial charge < -0.3 is 5.32 Å². The Morgan fingerprint density at radius 1 is 1.28 bits per heavy atom. The van der Waals surface area contributed by atoms with Crippen molar-refractivity contribution in [3.8, 4) is 0 Å². The Bertz CT molecular complexity index is 525. The largest absolute Gasteiger partial charge is 0.309 e. The van der Waals surface area contributed by atoms with Gasteiger partial charge in [-0.1, -0.05) is 29.8 Å². The number of hydrogen-bond donors (Lipinski definition) is 1. The SMILES string of the molecule is CNC(c1cc(Cl)c(Br)s1)c1c(C)cccc1C. The molecular weight excluding hydrogens is 330 g/mol. The second kappa shape index (κ2) is 5.74. The van der Waals surface area contributed by atoms with Gasteiger partial charge in [0.1, 0.15) is 0 Å². The smallest absolute Gasteiger partial charge is 0.0888 e. The van der Waals surface area contributed by atoms with E-state index in [-0.39, 0.29) is 6.04 Å². The summed E-state index contributed by atoms with van der Waals surface area (Å²) >= 11 is 11.3. The predicted molar refractivity (Wildman–Crippen MR) is 83.8 cm³/mol. The molecule has 4 heteroatoms. The van der Waals surface area contributed by atoms with Crippen LogP contribution in [-0.2, 0) is 0 Å². The van der Waals surface area contributed by atoms with E-state index >= 15 is 0 Å². The highest BCUT2D eigenvalue weighted by molar-refractivity contribution is 9.11. The van der Waals surface area contributed by atoms with Gasteiger partial charge in [-0.15, -0.1) is 11.3 Å². The number of halogens is 2. The maximum absolute atomic E-state index is 6.13. The first-order valence-electron chi connectivity index (χ1n) is 5.72. The first-order chi connectivity index (χ1) is 8.54. The lowest BCUT2D eigenvalue weighted by atomic mass is 9.95. The van der Waals surface area contributed by atoms with Gasteiger partial charge in [0.25, 0.3) is 0 Å². The fourth-order valence-corrected chi connectivity index (χ4v) is 4.08. The Morgan fingerprint density at radius 3 is 2.33 bits per heavy atom. The Hall–Kier alpha value is -0.350. The number of aryl methyl sites for hydroxylation is 2. The summed E-state index contributed by atoms with van der Waals surface area (Å²) in [5.74, 6) is 0. The van der Waals surface area contributed by atoms with Crippen LogP contribution in [0, 0.1) is 13.8 Å². The summed E-state index contributed by atoms with van der Waals surface area (Å²) in [5.41, 5.74) is 3.94. The van der Waals surface area contributed by atoms with E-state index in [4.69, 9.17) is 11.6 Å². The summed E-state index contributed by atoms with van der Waals surface area (Å²) in [6.07, 6.45) is 0. The van der Waals surface area contributed by atoms with E-state index in [0.717, 1.165) is 8.81 Å². The number of thiophene rings is 1. The average Bonchev–Trinajstić information content (AvgIpc) is 2.64. The molecule has 0 aliphatic heterocycles. The zero-order valence-corrected chi connectivity index (χ0v) is 13.7. The molecule has 2 aromatic rings. The van der Waals surface area contributed by atoms with Gasteiger partial charge in [0.15, 0.2) is 0 Å². The van der Waals surface area contributed by atoms with Crippen LogP contribution in [0.4, 0.5) is 0 Å². The van der Waals surface area contributed by atoms with Crippen LogP contribution < -0.4 is 5.32 Å². The number of nitrogens with one attached hydrogen (secondary N) is 1. The van der Waals surface area contributed by atoms with Gasteiger partial charge in [0.2, 0.25) is 0 Å². The summed E-state index contributed by atoms with van der Waals surface area (Å²) in [6.45, 7) is 4.30. The van der Waals surface area contributed by atoms with Gasteiger partial charge in [-0.25, -0.2) is 0 Å². The van der Waals surface area contributed by atoms with E-state index in [1.54, 1.807) is 11.3 Å². The van der Waals surface area contributed by atoms with E-state index in [9.17, 15) is 0 Å². The second-order valence-corrected chi connectivity index (χ2v) is 7.11. The van der Waals surface area contributed by atoms with Crippen LogP contribution in [0.1, 0.15) is 27.6 Å². The van der Waals surface area contributed by atoms with Gasteiger partial charge >= 0.3 is 0 Å². The van der Waals surface area contributed by atoms with Gasteiger partial charge in [-0.05, 0) is 59.6 Å². The van der Waals surface area contributed by atoms with Crippen LogP contribution in [0.3, 0.4) is 0 Å². The van der Waals surface area contributed by atoms with Crippen LogP contribution in [0.2, 0.25) is 5.02 Å². The minimum absolute atomic E-state index is 0.194. The minimum atomic E-state index is 0.194. The fraction of sp³-hybridized carbons (Fsp3) is 0.286. The molecule has 2 rings (SSSR count). The topological polar surface area (TPSA) is 12.0 Å². The van der Waals surface area contributed by atoms with Crippen molar-refractivity contribution >= 4 is 38.9 Å². The van der Waals surface area contributed by atoms with Gasteiger partial charge in [-0.3, -0.25) is 0 Å². The third-order valence-electron chi connectivity index (χ3n) is 3.07. The molecular formula is C14H15BrClNS. The van der Waals surface area contributed by atoms with Crippen molar-refractivity contribution < 1.29 is 0 Å². The zero-order valence-electron chi connectivity index (χ0n) is 10.6. The monoisotopic (exact) mass is 343 g/mol. The molecule has 0 amide bonds. The molecule has 1 aromatic carbocycles. The lowest BCUT2D eigenvalue weighted by molar-refractivity contribution is 0.695. The third kappa shape index (κ3) is 2.64. The first kappa shape index (κ1) is 14.1. The molecule has 0 saturated heterocycles. The normalized spacial score (nSPS) is 12.7. The molecule has 0 aliphatic carbocycles. The highest BCUT2D eigenvalue weighted by atomic mass is 79.9. The lowest BCUT2D eigenvalue weighted by Gasteiger charge is -2.20. The van der Waals surface area contributed by atoms with Crippen LogP contribution in [0.5, 0.6) is 0 Å². The van der Waals surface area contributed by atoms with Crippen molar-refractivity contribution in [3.05, 3.63) is 54.6 Å². The summed E-state index contributed by atoms with van der Waals surface area (Å²) in [5, 5.41) is 4.17. The number of hydrogen-bond acceptors (Lipinski definition) is 2. The summed E-state index contributed by atoms with van der Waals surface area (Å²) in [4.78, 5) is 1.23. The molecule has 1 nitrogen and oxygen atoms in total. The van der Waals surface area contributed by atoms with Gasteiger partial charge in [0.05, 0.1) is 14.9 Å². The molecule has 0 fully saturated rings. The first-order valence-corrected chi connectivity index (χ1v) is 7.71. The Morgan fingerprint density at radius 2 is 1.89 bits per heavy atom. The van der Waals surface area contributed by atoms with Crippen LogP contribution >= 0.6 is 38.9 Å². The number of rotatable bonds is 3. The quantitative estimate of drug-likeness (QED) is 0.818. The predicted octanol–water partition coefficient (Wildman–Crippen LogP) is 5.09. The zero-order chi connectivity index (χ0) is 13.3. The van der Waals surface area contributed by atoms with Crippen molar-refractivity contribution in [2.75, 3.05) is 7.05 Å². The Balaban J connectivity index is 2.52. The van der Waals surface area contributed by atoms with Crippen molar-refractivity contribution in [2.24, 2.45) is 0 Å². The summed E-state index contributed by atoms with van der Waals surface area (Å²) < 4.78 is 0.991. The molecule has 0 saturated carbocycles. The maximum Gasteiger partial charge on any atom is 0.0888 e. The van der Waals surface area contributed by atoms with E-state index in [1.807, 2.05) is 13.1 Å². The average molecular weight is 345 g/mol. The van der Waals surface area contributed by atoms with Crippen LogP contribution in [-0.4, -0.2) is 7.05 Å². The molecule has 1 atom stereocenters. The fourth-order valence-electron chi connectivity index (χ4n) is 2.22. The van der Waals surface area contributed by atoms with Crippen LogP contribution in [0.15, 0.2) is 28.1 Å². The van der Waals surface area contributed by atoms with E-state index < -0.39 is 0 Å². The molecule has 0 radical (unpaired) electrons.